The highest BCUT2D eigenvalue weighted by Gasteiger charge is 1.98. The molecule has 0 aliphatic heterocycles. The molecule has 0 saturated carbocycles. The number of halogens is 1. The minimum Gasteiger partial charge on any atom is -0.507 e. The number of benzene rings is 1. The summed E-state index contributed by atoms with van der Waals surface area (Å²) in [6.45, 7) is 0. The Morgan fingerprint density at radius 1 is 1.54 bits per heavy atom. The zero-order chi connectivity index (χ0) is 9.68. The smallest absolute Gasteiger partial charge is 0.150 e. The molecule has 0 atom stereocenters. The van der Waals surface area contributed by atoms with Gasteiger partial charge in [-0.2, -0.15) is 0 Å². The Labute approximate surface area is 81.1 Å². The molecule has 0 bridgehead atoms. The van der Waals surface area contributed by atoms with Gasteiger partial charge in [0, 0.05) is 5.56 Å². The molecule has 0 aliphatic rings. The second-order valence-electron chi connectivity index (χ2n) is 2.33. The molecule has 0 saturated heterocycles. The fourth-order valence-electron chi connectivity index (χ4n) is 0.856. The summed E-state index contributed by atoms with van der Waals surface area (Å²) in [5.41, 5.74) is 0.905. The predicted octanol–water partition coefficient (Wildman–Crippen LogP) is 1.79. The van der Waals surface area contributed by atoms with Gasteiger partial charge < -0.3 is 5.11 Å². The Kier molecular flexibility index (Phi) is 3.36. The van der Waals surface area contributed by atoms with E-state index in [0.29, 0.717) is 17.4 Å². The third-order valence-corrected chi connectivity index (χ3v) is 1.58. The summed E-state index contributed by atoms with van der Waals surface area (Å²) in [5.74, 6) is 5.50. The van der Waals surface area contributed by atoms with Crippen LogP contribution in [-0.2, 0) is 0 Å². The summed E-state index contributed by atoms with van der Waals surface area (Å²) in [7, 11) is 0. The molecule has 1 rings (SSSR count). The first kappa shape index (κ1) is 9.63. The number of aldehydes is 1. The average Bonchev–Trinajstić information content (AvgIpc) is 2.17. The summed E-state index contributed by atoms with van der Waals surface area (Å²) in [6.07, 6.45) is 0.700. The van der Waals surface area contributed by atoms with Crippen LogP contribution in [0.5, 0.6) is 5.75 Å². The van der Waals surface area contributed by atoms with Gasteiger partial charge in [-0.1, -0.05) is 11.8 Å². The number of rotatable bonds is 1. The van der Waals surface area contributed by atoms with Crippen LogP contribution in [0, 0.1) is 11.8 Å². The topological polar surface area (TPSA) is 37.3 Å². The van der Waals surface area contributed by atoms with Crippen LogP contribution in [0.2, 0.25) is 0 Å². The SMILES string of the molecule is O=Cc1ccc(O)c(C#CCCl)c1. The first-order valence-electron chi connectivity index (χ1n) is 3.61. The number of alkyl halides is 1. The van der Waals surface area contributed by atoms with E-state index in [4.69, 9.17) is 11.6 Å². The Morgan fingerprint density at radius 3 is 2.92 bits per heavy atom. The van der Waals surface area contributed by atoms with Crippen molar-refractivity contribution >= 4 is 17.9 Å². The van der Waals surface area contributed by atoms with Gasteiger partial charge in [0.1, 0.15) is 12.0 Å². The summed E-state index contributed by atoms with van der Waals surface area (Å²) in [6, 6.07) is 4.47. The summed E-state index contributed by atoms with van der Waals surface area (Å²) < 4.78 is 0. The maximum Gasteiger partial charge on any atom is 0.150 e. The van der Waals surface area contributed by atoms with E-state index in [9.17, 15) is 9.90 Å². The Balaban J connectivity index is 3.11. The molecule has 1 aromatic rings. The van der Waals surface area contributed by atoms with Crippen LogP contribution >= 0.6 is 11.6 Å². The molecule has 13 heavy (non-hydrogen) atoms. The molecule has 0 fully saturated rings. The first-order chi connectivity index (χ1) is 6.27. The van der Waals surface area contributed by atoms with E-state index >= 15 is 0 Å². The molecule has 2 nitrogen and oxygen atoms in total. The molecule has 0 unspecified atom stereocenters. The van der Waals surface area contributed by atoms with Gasteiger partial charge in [-0.05, 0) is 18.2 Å². The maximum absolute atomic E-state index is 10.4. The molecule has 0 heterocycles. The van der Waals surface area contributed by atoms with Crippen molar-refractivity contribution in [3.63, 3.8) is 0 Å². The van der Waals surface area contributed by atoms with Crippen molar-refractivity contribution in [3.05, 3.63) is 29.3 Å². The molecule has 3 heteroatoms. The third-order valence-electron chi connectivity index (χ3n) is 1.45. The van der Waals surface area contributed by atoms with Crippen molar-refractivity contribution < 1.29 is 9.90 Å². The van der Waals surface area contributed by atoms with Gasteiger partial charge >= 0.3 is 0 Å². The van der Waals surface area contributed by atoms with Crippen LogP contribution in [0.25, 0.3) is 0 Å². The fourth-order valence-corrected chi connectivity index (χ4v) is 0.923. The van der Waals surface area contributed by atoms with Crippen LogP contribution in [0.15, 0.2) is 18.2 Å². The number of hydrogen-bond acceptors (Lipinski definition) is 2. The molecule has 0 amide bonds. The summed E-state index contributed by atoms with van der Waals surface area (Å²) in [5, 5.41) is 9.30. The van der Waals surface area contributed by atoms with E-state index in [0.717, 1.165) is 0 Å². The molecule has 0 aliphatic carbocycles. The van der Waals surface area contributed by atoms with E-state index < -0.39 is 0 Å². The van der Waals surface area contributed by atoms with Gasteiger partial charge in [0.15, 0.2) is 0 Å². The second kappa shape index (κ2) is 4.54. The Bertz CT molecular complexity index is 374. The van der Waals surface area contributed by atoms with Gasteiger partial charge in [-0.3, -0.25) is 4.79 Å². The van der Waals surface area contributed by atoms with E-state index in [1.807, 2.05) is 0 Å². The minimum absolute atomic E-state index is 0.0585. The van der Waals surface area contributed by atoms with Gasteiger partial charge in [-0.25, -0.2) is 0 Å². The molecule has 1 N–H and O–H groups in total. The Morgan fingerprint density at radius 2 is 2.31 bits per heavy atom. The monoisotopic (exact) mass is 194 g/mol. The largest absolute Gasteiger partial charge is 0.507 e. The van der Waals surface area contributed by atoms with E-state index in [-0.39, 0.29) is 11.6 Å². The predicted molar refractivity (Wildman–Crippen MR) is 51.1 cm³/mol. The van der Waals surface area contributed by atoms with Crippen molar-refractivity contribution in [1.29, 1.82) is 0 Å². The zero-order valence-electron chi connectivity index (χ0n) is 6.75. The molecule has 0 radical (unpaired) electrons. The van der Waals surface area contributed by atoms with Gasteiger partial charge in [0.25, 0.3) is 0 Å². The van der Waals surface area contributed by atoms with Gasteiger partial charge in [-0.15, -0.1) is 11.6 Å². The number of phenolic OH excluding ortho intramolecular Hbond substituents is 1. The van der Waals surface area contributed by atoms with Crippen LogP contribution in [0.3, 0.4) is 0 Å². The second-order valence-corrected chi connectivity index (χ2v) is 2.60. The molecule has 0 spiro atoms. The van der Waals surface area contributed by atoms with Crippen LogP contribution < -0.4 is 0 Å². The van der Waals surface area contributed by atoms with Crippen LogP contribution in [0.1, 0.15) is 15.9 Å². The number of carbonyl (C=O) groups is 1. The van der Waals surface area contributed by atoms with E-state index in [1.165, 1.54) is 18.2 Å². The number of aromatic hydroxyl groups is 1. The lowest BCUT2D eigenvalue weighted by Crippen LogP contribution is -1.83. The summed E-state index contributed by atoms with van der Waals surface area (Å²) in [4.78, 5) is 10.4. The molecular weight excluding hydrogens is 188 g/mol. The lowest BCUT2D eigenvalue weighted by Gasteiger charge is -1.96. The van der Waals surface area contributed by atoms with Crippen molar-refractivity contribution in [2.75, 3.05) is 5.88 Å². The van der Waals surface area contributed by atoms with Gasteiger partial charge in [0.05, 0.1) is 11.4 Å². The number of carbonyl (C=O) groups excluding carboxylic acids is 1. The van der Waals surface area contributed by atoms with E-state index in [2.05, 4.69) is 11.8 Å². The lowest BCUT2D eigenvalue weighted by molar-refractivity contribution is 0.112. The lowest BCUT2D eigenvalue weighted by atomic mass is 10.1. The zero-order valence-corrected chi connectivity index (χ0v) is 7.51. The number of hydrogen-bond donors (Lipinski definition) is 1. The van der Waals surface area contributed by atoms with Crippen LogP contribution in [-0.4, -0.2) is 17.3 Å². The maximum atomic E-state index is 10.4. The van der Waals surface area contributed by atoms with Crippen molar-refractivity contribution in [2.45, 2.75) is 0 Å². The van der Waals surface area contributed by atoms with Crippen molar-refractivity contribution in [3.8, 4) is 17.6 Å². The van der Waals surface area contributed by atoms with Crippen LogP contribution in [0.4, 0.5) is 0 Å². The normalized spacial score (nSPS) is 8.69. The summed E-state index contributed by atoms with van der Waals surface area (Å²) >= 11 is 5.35. The standard InChI is InChI=1S/C10H7ClO2/c11-5-1-2-9-6-8(7-12)3-4-10(9)13/h3-4,6-7,13H,5H2. The minimum atomic E-state index is 0.0585. The van der Waals surface area contributed by atoms with Crippen molar-refractivity contribution in [2.24, 2.45) is 0 Å². The first-order valence-corrected chi connectivity index (χ1v) is 4.14. The van der Waals surface area contributed by atoms with Crippen molar-refractivity contribution in [1.82, 2.24) is 0 Å². The van der Waals surface area contributed by atoms with E-state index in [1.54, 1.807) is 0 Å². The molecular formula is C10H7ClO2. The number of phenols is 1. The quantitative estimate of drug-likeness (QED) is 0.421. The third kappa shape index (κ3) is 2.50. The highest BCUT2D eigenvalue weighted by Crippen LogP contribution is 2.16. The molecule has 66 valence electrons. The highest BCUT2D eigenvalue weighted by atomic mass is 35.5. The average molecular weight is 195 g/mol. The molecule has 1 aromatic carbocycles. The molecule has 0 aromatic heterocycles. The highest BCUT2D eigenvalue weighted by molar-refractivity contribution is 6.19. The van der Waals surface area contributed by atoms with Gasteiger partial charge in [0.2, 0.25) is 0 Å². The fraction of sp³-hybridized carbons (Fsp3) is 0.100. The Hall–Kier alpha value is -1.46.